The maximum atomic E-state index is 8.67. The van der Waals surface area contributed by atoms with Gasteiger partial charge in [0.05, 0.1) is 18.0 Å². The average Bonchev–Trinajstić information content (AvgIpc) is 2.19. The number of nitriles is 1. The van der Waals surface area contributed by atoms with Crippen molar-refractivity contribution < 1.29 is 0 Å². The fourth-order valence-electron chi connectivity index (χ4n) is 1.41. The quantitative estimate of drug-likeness (QED) is 0.776. The number of fused-ring (bicyclic) bond motifs is 1. The molecule has 0 aliphatic heterocycles. The predicted molar refractivity (Wildman–Crippen MR) is 58.8 cm³/mol. The molecule has 0 saturated carbocycles. The molecule has 1 aromatic carbocycles. The Labute approximate surface area is 90.3 Å². The second kappa shape index (κ2) is 3.77. The third-order valence-electron chi connectivity index (χ3n) is 2.06. The predicted octanol–water partition coefficient (Wildman–Crippen LogP) is 3.06. The van der Waals surface area contributed by atoms with Crippen LogP contribution in [0.1, 0.15) is 5.56 Å². The lowest BCUT2D eigenvalue weighted by Crippen LogP contribution is -1.86. The monoisotopic (exact) mass is 246 g/mol. The van der Waals surface area contributed by atoms with E-state index >= 15 is 0 Å². The summed E-state index contributed by atoms with van der Waals surface area (Å²) in [5, 5.41) is 9.71. The van der Waals surface area contributed by atoms with E-state index in [0.29, 0.717) is 6.42 Å². The highest BCUT2D eigenvalue weighted by Crippen LogP contribution is 2.21. The van der Waals surface area contributed by atoms with Gasteiger partial charge in [0.1, 0.15) is 0 Å². The summed E-state index contributed by atoms with van der Waals surface area (Å²) in [5.41, 5.74) is 1.96. The molecule has 0 atom stereocenters. The van der Waals surface area contributed by atoms with E-state index in [2.05, 4.69) is 27.0 Å². The molecular weight excluding hydrogens is 240 g/mol. The van der Waals surface area contributed by atoms with Crippen LogP contribution in [0.4, 0.5) is 0 Å². The lowest BCUT2D eigenvalue weighted by molar-refractivity contribution is 1.26. The molecule has 0 aliphatic carbocycles. The molecule has 0 fully saturated rings. The van der Waals surface area contributed by atoms with Crippen LogP contribution < -0.4 is 0 Å². The molecule has 3 heteroatoms. The van der Waals surface area contributed by atoms with Gasteiger partial charge in [-0.2, -0.15) is 5.26 Å². The van der Waals surface area contributed by atoms with Gasteiger partial charge in [-0.1, -0.05) is 15.9 Å². The fraction of sp³-hybridized carbons (Fsp3) is 0.0909. The van der Waals surface area contributed by atoms with Crippen LogP contribution in [-0.4, -0.2) is 4.98 Å². The van der Waals surface area contributed by atoms with Gasteiger partial charge in [0.15, 0.2) is 0 Å². The van der Waals surface area contributed by atoms with Crippen molar-refractivity contribution in [2.75, 3.05) is 0 Å². The van der Waals surface area contributed by atoms with Crippen molar-refractivity contribution in [3.63, 3.8) is 0 Å². The van der Waals surface area contributed by atoms with Gasteiger partial charge in [0, 0.05) is 16.1 Å². The van der Waals surface area contributed by atoms with Crippen LogP contribution >= 0.6 is 15.9 Å². The first kappa shape index (κ1) is 9.17. The van der Waals surface area contributed by atoms with Crippen LogP contribution in [0.25, 0.3) is 10.9 Å². The maximum Gasteiger partial charge on any atom is 0.0705 e. The standard InChI is InChI=1S/C11H7BrN2/c12-9-1-2-11-10(7-9)8(3-5-13)4-6-14-11/h1-2,4,6-7H,3H2. The summed E-state index contributed by atoms with van der Waals surface area (Å²) in [4.78, 5) is 4.23. The molecule has 0 unspecified atom stereocenters. The zero-order valence-electron chi connectivity index (χ0n) is 7.37. The number of halogens is 1. The first-order chi connectivity index (χ1) is 6.81. The smallest absolute Gasteiger partial charge is 0.0705 e. The Morgan fingerprint density at radius 2 is 2.21 bits per heavy atom. The number of hydrogen-bond acceptors (Lipinski definition) is 2. The van der Waals surface area contributed by atoms with E-state index in [1.807, 2.05) is 24.3 Å². The van der Waals surface area contributed by atoms with E-state index in [4.69, 9.17) is 5.26 Å². The largest absolute Gasteiger partial charge is 0.256 e. The van der Waals surface area contributed by atoms with Gasteiger partial charge >= 0.3 is 0 Å². The number of pyridine rings is 1. The Kier molecular flexibility index (Phi) is 2.47. The Bertz CT molecular complexity index is 514. The third-order valence-corrected chi connectivity index (χ3v) is 2.56. The molecule has 0 bridgehead atoms. The maximum absolute atomic E-state index is 8.67. The highest BCUT2D eigenvalue weighted by molar-refractivity contribution is 9.10. The Balaban J connectivity index is 2.72. The molecule has 0 N–H and O–H groups in total. The number of benzene rings is 1. The van der Waals surface area contributed by atoms with Crippen molar-refractivity contribution in [3.8, 4) is 6.07 Å². The fourth-order valence-corrected chi connectivity index (χ4v) is 1.78. The molecule has 0 aliphatic rings. The summed E-state index contributed by atoms with van der Waals surface area (Å²) in [7, 11) is 0. The van der Waals surface area contributed by atoms with E-state index in [0.717, 1.165) is 20.9 Å². The number of rotatable bonds is 1. The number of nitrogens with zero attached hydrogens (tertiary/aromatic N) is 2. The van der Waals surface area contributed by atoms with Crippen molar-refractivity contribution in [1.82, 2.24) is 4.98 Å². The van der Waals surface area contributed by atoms with E-state index in [1.165, 1.54) is 0 Å². The molecule has 68 valence electrons. The van der Waals surface area contributed by atoms with Gasteiger partial charge in [-0.3, -0.25) is 4.98 Å². The van der Waals surface area contributed by atoms with Crippen molar-refractivity contribution in [2.45, 2.75) is 6.42 Å². The molecular formula is C11H7BrN2. The minimum absolute atomic E-state index is 0.426. The summed E-state index contributed by atoms with van der Waals surface area (Å²) in [6, 6.07) is 9.93. The normalized spacial score (nSPS) is 10.0. The molecule has 2 nitrogen and oxygen atoms in total. The third kappa shape index (κ3) is 1.61. The summed E-state index contributed by atoms with van der Waals surface area (Å²) in [6.07, 6.45) is 2.17. The number of aromatic nitrogens is 1. The Hall–Kier alpha value is -1.40. The van der Waals surface area contributed by atoms with E-state index < -0.39 is 0 Å². The molecule has 2 aromatic rings. The van der Waals surface area contributed by atoms with E-state index in [1.54, 1.807) is 6.20 Å². The summed E-state index contributed by atoms with van der Waals surface area (Å²) in [6.45, 7) is 0. The highest BCUT2D eigenvalue weighted by atomic mass is 79.9. The molecule has 14 heavy (non-hydrogen) atoms. The molecule has 0 amide bonds. The second-order valence-corrected chi connectivity index (χ2v) is 3.88. The SMILES string of the molecule is N#CCc1ccnc2ccc(Br)cc12. The molecule has 1 heterocycles. The summed E-state index contributed by atoms with van der Waals surface area (Å²) >= 11 is 3.41. The van der Waals surface area contributed by atoms with E-state index in [9.17, 15) is 0 Å². The minimum Gasteiger partial charge on any atom is -0.256 e. The Morgan fingerprint density at radius 1 is 1.36 bits per heavy atom. The molecule has 0 radical (unpaired) electrons. The van der Waals surface area contributed by atoms with Gasteiger partial charge in [-0.05, 0) is 29.8 Å². The lowest BCUT2D eigenvalue weighted by atomic mass is 10.1. The van der Waals surface area contributed by atoms with Gasteiger partial charge < -0.3 is 0 Å². The van der Waals surface area contributed by atoms with Gasteiger partial charge in [0.25, 0.3) is 0 Å². The summed E-state index contributed by atoms with van der Waals surface area (Å²) in [5.74, 6) is 0. The van der Waals surface area contributed by atoms with Crippen molar-refractivity contribution in [2.24, 2.45) is 0 Å². The first-order valence-corrected chi connectivity index (χ1v) is 5.00. The van der Waals surface area contributed by atoms with Crippen LogP contribution in [0.15, 0.2) is 34.9 Å². The molecule has 1 aromatic heterocycles. The zero-order valence-corrected chi connectivity index (χ0v) is 8.95. The van der Waals surface area contributed by atoms with Crippen LogP contribution in [0.3, 0.4) is 0 Å². The summed E-state index contributed by atoms with van der Waals surface area (Å²) < 4.78 is 1.01. The first-order valence-electron chi connectivity index (χ1n) is 4.21. The van der Waals surface area contributed by atoms with Crippen LogP contribution in [0.2, 0.25) is 0 Å². The molecule has 0 saturated heterocycles. The lowest BCUT2D eigenvalue weighted by Gasteiger charge is -2.02. The number of hydrogen-bond donors (Lipinski definition) is 0. The van der Waals surface area contributed by atoms with Gasteiger partial charge in [-0.15, -0.1) is 0 Å². The van der Waals surface area contributed by atoms with Crippen molar-refractivity contribution in [1.29, 1.82) is 5.26 Å². The van der Waals surface area contributed by atoms with Crippen LogP contribution in [0, 0.1) is 11.3 Å². The zero-order chi connectivity index (χ0) is 9.97. The molecule has 2 rings (SSSR count). The van der Waals surface area contributed by atoms with Gasteiger partial charge in [0.2, 0.25) is 0 Å². The van der Waals surface area contributed by atoms with Crippen molar-refractivity contribution in [3.05, 3.63) is 40.5 Å². The van der Waals surface area contributed by atoms with Gasteiger partial charge in [-0.25, -0.2) is 0 Å². The average molecular weight is 247 g/mol. The highest BCUT2D eigenvalue weighted by Gasteiger charge is 2.01. The topological polar surface area (TPSA) is 36.7 Å². The second-order valence-electron chi connectivity index (χ2n) is 2.97. The molecule has 0 spiro atoms. The minimum atomic E-state index is 0.426. The van der Waals surface area contributed by atoms with Crippen LogP contribution in [0.5, 0.6) is 0 Å². The van der Waals surface area contributed by atoms with Crippen LogP contribution in [-0.2, 0) is 6.42 Å². The van der Waals surface area contributed by atoms with E-state index in [-0.39, 0.29) is 0 Å². The Morgan fingerprint density at radius 3 is 3.00 bits per heavy atom. The van der Waals surface area contributed by atoms with Crippen molar-refractivity contribution >= 4 is 26.8 Å².